The van der Waals surface area contributed by atoms with Crippen LogP contribution in [0.25, 0.3) is 0 Å². The number of benzene rings is 1. The summed E-state index contributed by atoms with van der Waals surface area (Å²) in [6.45, 7) is 1.60. The molecule has 0 spiro atoms. The van der Waals surface area contributed by atoms with Crippen molar-refractivity contribution in [2.24, 2.45) is 0 Å². The van der Waals surface area contributed by atoms with E-state index in [1.54, 1.807) is 18.2 Å². The summed E-state index contributed by atoms with van der Waals surface area (Å²) in [6.07, 6.45) is 3.65. The number of pyridine rings is 1. The Labute approximate surface area is 177 Å². The zero-order valence-corrected chi connectivity index (χ0v) is 17.6. The zero-order chi connectivity index (χ0) is 21.3. The first-order chi connectivity index (χ1) is 14.6. The molecule has 2 amide bonds. The summed E-state index contributed by atoms with van der Waals surface area (Å²) in [7, 11) is 3.13. The molecule has 30 heavy (non-hydrogen) atoms. The highest BCUT2D eigenvalue weighted by atomic mass is 16.5. The smallest absolute Gasteiger partial charge is 0.249 e. The molecule has 1 atom stereocenters. The predicted molar refractivity (Wildman–Crippen MR) is 113 cm³/mol. The zero-order valence-electron chi connectivity index (χ0n) is 17.6. The van der Waals surface area contributed by atoms with Crippen molar-refractivity contribution in [3.05, 3.63) is 59.9 Å². The number of aromatic nitrogens is 1. The summed E-state index contributed by atoms with van der Waals surface area (Å²) in [5, 5.41) is 0. The van der Waals surface area contributed by atoms with E-state index in [1.807, 2.05) is 47.4 Å². The second kappa shape index (κ2) is 10.7. The van der Waals surface area contributed by atoms with E-state index in [0.29, 0.717) is 26.1 Å². The first-order valence-corrected chi connectivity index (χ1v) is 10.2. The van der Waals surface area contributed by atoms with Crippen LogP contribution in [-0.4, -0.2) is 60.0 Å². The highest BCUT2D eigenvalue weighted by molar-refractivity contribution is 5.81. The molecule has 2 aromatic rings. The van der Waals surface area contributed by atoms with Gasteiger partial charge >= 0.3 is 0 Å². The number of hydrogen-bond acceptors (Lipinski definition) is 5. The maximum atomic E-state index is 13.0. The third-order valence-electron chi connectivity index (χ3n) is 5.35. The van der Waals surface area contributed by atoms with Gasteiger partial charge in [0.25, 0.3) is 0 Å². The molecule has 1 fully saturated rings. The van der Waals surface area contributed by atoms with E-state index in [1.165, 1.54) is 7.11 Å². The topological polar surface area (TPSA) is 72.0 Å². The molecule has 1 aliphatic rings. The molecule has 2 heterocycles. The molecular formula is C23H29N3O4. The lowest BCUT2D eigenvalue weighted by atomic mass is 10.1. The highest BCUT2D eigenvalue weighted by Crippen LogP contribution is 2.22. The van der Waals surface area contributed by atoms with Crippen molar-refractivity contribution in [2.75, 3.05) is 27.4 Å². The Morgan fingerprint density at radius 1 is 1.20 bits per heavy atom. The standard InChI is InChI=1S/C23H29N3O4/c1-29-17-23(28)26(15-18-8-10-21(30-2)11-9-18)20-7-5-13-25(22(27)14-20)16-19-6-3-4-12-24-19/h3-4,6,8-12,20H,5,7,13-17H2,1-2H3. The van der Waals surface area contributed by atoms with E-state index < -0.39 is 0 Å². The summed E-state index contributed by atoms with van der Waals surface area (Å²) in [5.41, 5.74) is 1.86. The average molecular weight is 412 g/mol. The second-order valence-corrected chi connectivity index (χ2v) is 7.44. The monoisotopic (exact) mass is 411 g/mol. The molecule has 0 aliphatic carbocycles. The second-order valence-electron chi connectivity index (χ2n) is 7.44. The predicted octanol–water partition coefficient (Wildman–Crippen LogP) is 2.65. The van der Waals surface area contributed by atoms with E-state index in [0.717, 1.165) is 29.8 Å². The van der Waals surface area contributed by atoms with Crippen LogP contribution in [0.3, 0.4) is 0 Å². The quantitative estimate of drug-likeness (QED) is 0.668. The Morgan fingerprint density at radius 3 is 2.67 bits per heavy atom. The fourth-order valence-corrected chi connectivity index (χ4v) is 3.75. The van der Waals surface area contributed by atoms with E-state index in [2.05, 4.69) is 4.98 Å². The third kappa shape index (κ3) is 5.79. The van der Waals surface area contributed by atoms with Crippen LogP contribution in [0.5, 0.6) is 5.75 Å². The number of ether oxygens (including phenoxy) is 2. The van der Waals surface area contributed by atoms with Crippen LogP contribution in [0, 0.1) is 0 Å². The molecule has 7 nitrogen and oxygen atoms in total. The average Bonchev–Trinajstić information content (AvgIpc) is 2.94. The molecule has 3 rings (SSSR count). The molecule has 1 saturated heterocycles. The highest BCUT2D eigenvalue weighted by Gasteiger charge is 2.30. The molecule has 0 saturated carbocycles. The molecule has 0 bridgehead atoms. The van der Waals surface area contributed by atoms with Crippen molar-refractivity contribution in [3.8, 4) is 5.75 Å². The molecular weight excluding hydrogens is 382 g/mol. The van der Waals surface area contributed by atoms with Crippen LogP contribution in [0.1, 0.15) is 30.5 Å². The first kappa shape index (κ1) is 21.8. The lowest BCUT2D eigenvalue weighted by Gasteiger charge is -2.31. The van der Waals surface area contributed by atoms with E-state index >= 15 is 0 Å². The minimum Gasteiger partial charge on any atom is -0.497 e. The van der Waals surface area contributed by atoms with Crippen molar-refractivity contribution in [1.82, 2.24) is 14.8 Å². The molecule has 1 aromatic heterocycles. The van der Waals surface area contributed by atoms with E-state index in [4.69, 9.17) is 9.47 Å². The van der Waals surface area contributed by atoms with Gasteiger partial charge in [-0.15, -0.1) is 0 Å². The van der Waals surface area contributed by atoms with Gasteiger partial charge in [0.05, 0.1) is 19.3 Å². The Balaban J connectivity index is 1.72. The molecule has 0 radical (unpaired) electrons. The molecule has 1 unspecified atom stereocenters. The van der Waals surface area contributed by atoms with E-state index in [9.17, 15) is 9.59 Å². The number of amides is 2. The largest absolute Gasteiger partial charge is 0.497 e. The molecule has 7 heteroatoms. The van der Waals surface area contributed by atoms with Crippen LogP contribution < -0.4 is 4.74 Å². The Bertz CT molecular complexity index is 826. The molecule has 1 aliphatic heterocycles. The summed E-state index contributed by atoms with van der Waals surface area (Å²) >= 11 is 0. The van der Waals surface area contributed by atoms with Gasteiger partial charge in [0.15, 0.2) is 0 Å². The van der Waals surface area contributed by atoms with Gasteiger partial charge in [0, 0.05) is 38.9 Å². The minimum atomic E-state index is -0.156. The van der Waals surface area contributed by atoms with Crippen LogP contribution in [0.2, 0.25) is 0 Å². The number of likely N-dealkylation sites (tertiary alicyclic amines) is 1. The Morgan fingerprint density at radius 2 is 2.00 bits per heavy atom. The van der Waals surface area contributed by atoms with Gasteiger partial charge in [-0.25, -0.2) is 0 Å². The van der Waals surface area contributed by atoms with Crippen LogP contribution in [-0.2, 0) is 27.4 Å². The third-order valence-corrected chi connectivity index (χ3v) is 5.35. The maximum absolute atomic E-state index is 13.0. The molecule has 160 valence electrons. The van der Waals surface area contributed by atoms with Crippen LogP contribution in [0.15, 0.2) is 48.7 Å². The van der Waals surface area contributed by atoms with Crippen LogP contribution in [0.4, 0.5) is 0 Å². The Hall–Kier alpha value is -2.93. The summed E-state index contributed by atoms with van der Waals surface area (Å²) in [6, 6.07) is 13.2. The van der Waals surface area contributed by atoms with E-state index in [-0.39, 0.29) is 24.5 Å². The van der Waals surface area contributed by atoms with Crippen molar-refractivity contribution < 1.29 is 19.1 Å². The lowest BCUT2D eigenvalue weighted by Crippen LogP contribution is -2.43. The van der Waals surface area contributed by atoms with Gasteiger partial charge in [-0.3, -0.25) is 14.6 Å². The number of rotatable bonds is 8. The van der Waals surface area contributed by atoms with Gasteiger partial charge in [-0.05, 0) is 42.7 Å². The van der Waals surface area contributed by atoms with Gasteiger partial charge in [-0.1, -0.05) is 18.2 Å². The summed E-state index contributed by atoms with van der Waals surface area (Å²) < 4.78 is 10.3. The van der Waals surface area contributed by atoms with Gasteiger partial charge in [0.2, 0.25) is 11.8 Å². The fourth-order valence-electron chi connectivity index (χ4n) is 3.75. The van der Waals surface area contributed by atoms with Crippen molar-refractivity contribution in [1.29, 1.82) is 0 Å². The van der Waals surface area contributed by atoms with Crippen molar-refractivity contribution in [2.45, 2.75) is 38.4 Å². The van der Waals surface area contributed by atoms with Crippen LogP contribution >= 0.6 is 0 Å². The normalized spacial score (nSPS) is 16.8. The number of carbonyl (C=O) groups excluding carboxylic acids is 2. The van der Waals surface area contributed by atoms with Crippen molar-refractivity contribution in [3.63, 3.8) is 0 Å². The maximum Gasteiger partial charge on any atom is 0.249 e. The molecule has 0 N–H and O–H groups in total. The minimum absolute atomic E-state index is 0.00149. The summed E-state index contributed by atoms with van der Waals surface area (Å²) in [4.78, 5) is 33.7. The Kier molecular flexibility index (Phi) is 7.79. The number of nitrogens with zero attached hydrogens (tertiary/aromatic N) is 3. The lowest BCUT2D eigenvalue weighted by molar-refractivity contribution is -0.140. The van der Waals surface area contributed by atoms with Crippen molar-refractivity contribution >= 4 is 11.8 Å². The number of methoxy groups -OCH3 is 2. The fraction of sp³-hybridized carbons (Fsp3) is 0.435. The molecule has 1 aromatic carbocycles. The number of hydrogen-bond donors (Lipinski definition) is 0. The summed E-state index contributed by atoms with van der Waals surface area (Å²) in [5.74, 6) is 0.709. The van der Waals surface area contributed by atoms with Gasteiger partial charge in [0.1, 0.15) is 12.4 Å². The van der Waals surface area contributed by atoms with Gasteiger partial charge < -0.3 is 19.3 Å². The van der Waals surface area contributed by atoms with Gasteiger partial charge in [-0.2, -0.15) is 0 Å². The first-order valence-electron chi connectivity index (χ1n) is 10.2. The number of carbonyl (C=O) groups is 2. The SMILES string of the molecule is COCC(=O)N(Cc1ccc(OC)cc1)C1CCCN(Cc2ccccn2)C(=O)C1.